The Kier molecular flexibility index (Phi) is 3.95. The van der Waals surface area contributed by atoms with Gasteiger partial charge in [-0.3, -0.25) is 0 Å². The van der Waals surface area contributed by atoms with Gasteiger partial charge in [-0.25, -0.2) is 0 Å². The maximum absolute atomic E-state index is 12.8. The first-order chi connectivity index (χ1) is 8.48. The topological polar surface area (TPSA) is 20.2 Å². The molecule has 18 heavy (non-hydrogen) atoms. The van der Waals surface area contributed by atoms with E-state index in [-0.39, 0.29) is 5.56 Å². The van der Waals surface area contributed by atoms with Gasteiger partial charge in [0.25, 0.3) is 0 Å². The normalized spacial score (nSPS) is 19.1. The van der Waals surface area contributed by atoms with Crippen molar-refractivity contribution in [2.45, 2.75) is 44.4 Å². The molecule has 0 aliphatic heterocycles. The van der Waals surface area contributed by atoms with Gasteiger partial charge in [-0.05, 0) is 24.0 Å². The summed E-state index contributed by atoms with van der Waals surface area (Å²) in [7, 11) is 0. The molecule has 4 heteroatoms. The molecule has 0 amide bonds. The molecular formula is C14H17F3O. The van der Waals surface area contributed by atoms with Crippen molar-refractivity contribution in [2.75, 3.05) is 0 Å². The first-order valence-electron chi connectivity index (χ1n) is 6.32. The Labute approximate surface area is 105 Å². The van der Waals surface area contributed by atoms with Gasteiger partial charge in [-0.1, -0.05) is 43.9 Å². The minimum Gasteiger partial charge on any atom is -0.388 e. The van der Waals surface area contributed by atoms with Gasteiger partial charge in [0.15, 0.2) is 0 Å². The summed E-state index contributed by atoms with van der Waals surface area (Å²) >= 11 is 0. The lowest BCUT2D eigenvalue weighted by Crippen LogP contribution is -2.13. The van der Waals surface area contributed by atoms with Crippen LogP contribution in [0.25, 0.3) is 0 Å². The van der Waals surface area contributed by atoms with Crippen LogP contribution in [0.3, 0.4) is 0 Å². The van der Waals surface area contributed by atoms with Crippen LogP contribution in [0.1, 0.15) is 49.3 Å². The first-order valence-corrected chi connectivity index (χ1v) is 6.32. The molecule has 1 N–H and O–H groups in total. The van der Waals surface area contributed by atoms with Crippen molar-refractivity contribution in [3.63, 3.8) is 0 Å². The van der Waals surface area contributed by atoms with Gasteiger partial charge in [0.2, 0.25) is 0 Å². The SMILES string of the molecule is OC(CC1CCCC1)c1ccccc1C(F)(F)F. The summed E-state index contributed by atoms with van der Waals surface area (Å²) in [6, 6.07) is 5.31. The molecule has 0 radical (unpaired) electrons. The van der Waals surface area contributed by atoms with E-state index in [9.17, 15) is 18.3 Å². The fourth-order valence-electron chi connectivity index (χ4n) is 2.73. The molecule has 2 rings (SSSR count). The molecule has 1 aromatic rings. The van der Waals surface area contributed by atoms with E-state index in [1.807, 2.05) is 0 Å². The van der Waals surface area contributed by atoms with E-state index in [0.29, 0.717) is 12.3 Å². The second-order valence-electron chi connectivity index (χ2n) is 4.99. The Morgan fingerprint density at radius 1 is 1.17 bits per heavy atom. The molecule has 0 aromatic heterocycles. The Morgan fingerprint density at radius 2 is 1.78 bits per heavy atom. The highest BCUT2D eigenvalue weighted by Gasteiger charge is 2.35. The average Bonchev–Trinajstić information content (AvgIpc) is 2.80. The van der Waals surface area contributed by atoms with E-state index in [1.54, 1.807) is 6.07 Å². The summed E-state index contributed by atoms with van der Waals surface area (Å²) in [5.74, 6) is 0.362. The van der Waals surface area contributed by atoms with Crippen molar-refractivity contribution in [1.82, 2.24) is 0 Å². The molecular weight excluding hydrogens is 241 g/mol. The van der Waals surface area contributed by atoms with Crippen molar-refractivity contribution in [3.8, 4) is 0 Å². The monoisotopic (exact) mass is 258 g/mol. The predicted molar refractivity (Wildman–Crippen MR) is 63.0 cm³/mol. The molecule has 1 nitrogen and oxygen atoms in total. The standard InChI is InChI=1S/C14H17F3O/c15-14(16,17)12-8-4-3-7-11(12)13(18)9-10-5-1-2-6-10/h3-4,7-8,10,13,18H,1-2,5-6,9H2. The van der Waals surface area contributed by atoms with Crippen LogP contribution < -0.4 is 0 Å². The average molecular weight is 258 g/mol. The van der Waals surface area contributed by atoms with Crippen LogP contribution in [0.2, 0.25) is 0 Å². The maximum Gasteiger partial charge on any atom is 0.416 e. The van der Waals surface area contributed by atoms with E-state index in [2.05, 4.69) is 0 Å². The van der Waals surface area contributed by atoms with Gasteiger partial charge < -0.3 is 5.11 Å². The van der Waals surface area contributed by atoms with Crippen LogP contribution in [0.15, 0.2) is 24.3 Å². The third-order valence-corrected chi connectivity index (χ3v) is 3.66. The maximum atomic E-state index is 12.8. The molecule has 1 atom stereocenters. The summed E-state index contributed by atoms with van der Waals surface area (Å²) in [6.45, 7) is 0. The molecule has 1 unspecified atom stereocenters. The van der Waals surface area contributed by atoms with Crippen LogP contribution >= 0.6 is 0 Å². The van der Waals surface area contributed by atoms with E-state index in [0.717, 1.165) is 31.7 Å². The van der Waals surface area contributed by atoms with Crippen molar-refractivity contribution in [1.29, 1.82) is 0 Å². The second-order valence-corrected chi connectivity index (χ2v) is 4.99. The smallest absolute Gasteiger partial charge is 0.388 e. The van der Waals surface area contributed by atoms with Crippen LogP contribution in [-0.4, -0.2) is 5.11 Å². The fourth-order valence-corrected chi connectivity index (χ4v) is 2.73. The lowest BCUT2D eigenvalue weighted by atomic mass is 9.93. The molecule has 1 fully saturated rings. The number of aliphatic hydroxyl groups is 1. The van der Waals surface area contributed by atoms with Gasteiger partial charge in [0.05, 0.1) is 11.7 Å². The number of hydrogen-bond donors (Lipinski definition) is 1. The number of alkyl halides is 3. The van der Waals surface area contributed by atoms with Crippen molar-refractivity contribution in [2.24, 2.45) is 5.92 Å². The molecule has 0 saturated heterocycles. The van der Waals surface area contributed by atoms with E-state index in [4.69, 9.17) is 0 Å². The molecule has 0 heterocycles. The van der Waals surface area contributed by atoms with Crippen LogP contribution in [-0.2, 0) is 6.18 Å². The minimum atomic E-state index is -4.40. The minimum absolute atomic E-state index is 0.0110. The first kappa shape index (κ1) is 13.4. The third-order valence-electron chi connectivity index (χ3n) is 3.66. The van der Waals surface area contributed by atoms with Crippen LogP contribution in [0.5, 0.6) is 0 Å². The fraction of sp³-hybridized carbons (Fsp3) is 0.571. The highest BCUT2D eigenvalue weighted by molar-refractivity contribution is 5.31. The zero-order chi connectivity index (χ0) is 13.2. The van der Waals surface area contributed by atoms with E-state index < -0.39 is 17.8 Å². The molecule has 100 valence electrons. The molecule has 0 spiro atoms. The molecule has 1 saturated carbocycles. The summed E-state index contributed by atoms with van der Waals surface area (Å²) in [4.78, 5) is 0. The lowest BCUT2D eigenvalue weighted by molar-refractivity contribution is -0.139. The molecule has 1 aromatic carbocycles. The Balaban J connectivity index is 2.16. The Hall–Kier alpha value is -1.03. The summed E-state index contributed by atoms with van der Waals surface area (Å²) in [6.07, 6.45) is -0.682. The van der Waals surface area contributed by atoms with Gasteiger partial charge in [0.1, 0.15) is 0 Å². The van der Waals surface area contributed by atoms with Crippen molar-refractivity contribution < 1.29 is 18.3 Å². The lowest BCUT2D eigenvalue weighted by Gasteiger charge is -2.19. The highest BCUT2D eigenvalue weighted by Crippen LogP contribution is 2.38. The van der Waals surface area contributed by atoms with E-state index >= 15 is 0 Å². The second kappa shape index (κ2) is 5.31. The summed E-state index contributed by atoms with van der Waals surface area (Å²) < 4.78 is 38.4. The zero-order valence-electron chi connectivity index (χ0n) is 10.1. The third kappa shape index (κ3) is 3.05. The summed E-state index contributed by atoms with van der Waals surface area (Å²) in [5.41, 5.74) is -0.701. The predicted octanol–water partition coefficient (Wildman–Crippen LogP) is 4.32. The number of benzene rings is 1. The number of hydrogen-bond acceptors (Lipinski definition) is 1. The zero-order valence-corrected chi connectivity index (χ0v) is 10.1. The van der Waals surface area contributed by atoms with Gasteiger partial charge in [-0.15, -0.1) is 0 Å². The largest absolute Gasteiger partial charge is 0.416 e. The van der Waals surface area contributed by atoms with E-state index in [1.165, 1.54) is 12.1 Å². The van der Waals surface area contributed by atoms with Crippen LogP contribution in [0.4, 0.5) is 13.2 Å². The molecule has 1 aliphatic carbocycles. The molecule has 1 aliphatic rings. The van der Waals surface area contributed by atoms with Gasteiger partial charge >= 0.3 is 6.18 Å². The van der Waals surface area contributed by atoms with Crippen molar-refractivity contribution in [3.05, 3.63) is 35.4 Å². The summed E-state index contributed by atoms with van der Waals surface area (Å²) in [5, 5.41) is 10.0. The van der Waals surface area contributed by atoms with Gasteiger partial charge in [-0.2, -0.15) is 13.2 Å². The number of halogens is 3. The van der Waals surface area contributed by atoms with Crippen molar-refractivity contribution >= 4 is 0 Å². The highest BCUT2D eigenvalue weighted by atomic mass is 19.4. The Bertz CT molecular complexity index is 394. The van der Waals surface area contributed by atoms with Crippen LogP contribution in [0, 0.1) is 5.92 Å². The Morgan fingerprint density at radius 3 is 2.39 bits per heavy atom. The van der Waals surface area contributed by atoms with Gasteiger partial charge in [0, 0.05) is 0 Å². The number of aliphatic hydroxyl groups excluding tert-OH is 1. The quantitative estimate of drug-likeness (QED) is 0.856. The number of rotatable bonds is 3. The molecule has 0 bridgehead atoms.